The van der Waals surface area contributed by atoms with Crippen LogP contribution in [-0.2, 0) is 33.8 Å². The van der Waals surface area contributed by atoms with E-state index in [4.69, 9.17) is 14.2 Å². The van der Waals surface area contributed by atoms with Crippen molar-refractivity contribution in [2.75, 3.05) is 19.6 Å². The number of nitrogens with one attached hydrogen (secondary N) is 1. The number of esters is 2. The van der Waals surface area contributed by atoms with Gasteiger partial charge in [0, 0.05) is 11.5 Å². The predicted octanol–water partition coefficient (Wildman–Crippen LogP) is 1.74. The molecule has 6 atom stereocenters. The Kier molecular flexibility index (Phi) is 6.27. The van der Waals surface area contributed by atoms with Crippen LogP contribution >= 0.6 is 0 Å². The lowest BCUT2D eigenvalue weighted by Gasteiger charge is -2.38. The van der Waals surface area contributed by atoms with Crippen molar-refractivity contribution in [3.8, 4) is 0 Å². The van der Waals surface area contributed by atoms with Gasteiger partial charge in [-0.15, -0.1) is 0 Å². The highest BCUT2D eigenvalue weighted by molar-refractivity contribution is 7.90. The molecule has 5 rings (SSSR count). The average Bonchev–Trinajstić information content (AvgIpc) is 3.50. The van der Waals surface area contributed by atoms with Crippen LogP contribution in [0.1, 0.15) is 72.1 Å². The third kappa shape index (κ3) is 4.08. The molecule has 10 heteroatoms. The summed E-state index contributed by atoms with van der Waals surface area (Å²) in [6.07, 6.45) is 5.19. The Bertz CT molecular complexity index is 924. The smallest absolute Gasteiger partial charge is 0.320 e. The van der Waals surface area contributed by atoms with Crippen LogP contribution in [-0.4, -0.2) is 79.6 Å². The molecule has 4 heterocycles. The van der Waals surface area contributed by atoms with E-state index in [0.717, 1.165) is 51.6 Å². The molecule has 0 spiro atoms. The maximum absolute atomic E-state index is 13.6. The van der Waals surface area contributed by atoms with Gasteiger partial charge in [-0.3, -0.25) is 14.5 Å². The highest BCUT2D eigenvalue weighted by atomic mass is 32.2. The number of ether oxygens (including phenoxy) is 3. The molecule has 9 nitrogen and oxygen atoms in total. The van der Waals surface area contributed by atoms with Gasteiger partial charge in [-0.2, -0.15) is 0 Å². The Balaban J connectivity index is 1.40. The minimum atomic E-state index is -3.68. The van der Waals surface area contributed by atoms with Crippen LogP contribution in [0.5, 0.6) is 0 Å². The summed E-state index contributed by atoms with van der Waals surface area (Å²) in [5.74, 6) is -2.24. The van der Waals surface area contributed by atoms with Crippen molar-refractivity contribution < 1.29 is 32.2 Å². The van der Waals surface area contributed by atoms with E-state index in [1.54, 1.807) is 0 Å². The molecule has 0 aromatic rings. The maximum Gasteiger partial charge on any atom is 0.320 e. The molecule has 0 amide bonds. The highest BCUT2D eigenvalue weighted by Gasteiger charge is 2.73. The van der Waals surface area contributed by atoms with E-state index in [2.05, 4.69) is 9.62 Å². The number of nitrogens with zero attached hydrogens (tertiary/aromatic N) is 1. The normalized spacial score (nSPS) is 39.6. The van der Waals surface area contributed by atoms with Gasteiger partial charge in [0.1, 0.15) is 29.0 Å². The Labute approximate surface area is 202 Å². The van der Waals surface area contributed by atoms with Gasteiger partial charge < -0.3 is 14.2 Å². The minimum absolute atomic E-state index is 0.169. The molecule has 4 saturated heterocycles. The zero-order chi connectivity index (χ0) is 24.3. The lowest BCUT2D eigenvalue weighted by Crippen LogP contribution is -2.55. The molecule has 4 aliphatic heterocycles. The quantitative estimate of drug-likeness (QED) is 0.552. The number of carbonyl (C=O) groups excluding carboxylic acids is 2. The van der Waals surface area contributed by atoms with Crippen molar-refractivity contribution in [3.63, 3.8) is 0 Å². The van der Waals surface area contributed by atoms with Crippen LogP contribution in [0.25, 0.3) is 0 Å². The second-order valence-corrected chi connectivity index (χ2v) is 13.2. The summed E-state index contributed by atoms with van der Waals surface area (Å²) in [6.45, 7) is 7.53. The Hall–Kier alpha value is -1.23. The fraction of sp³-hybridized carbons (Fsp3) is 0.917. The van der Waals surface area contributed by atoms with Crippen molar-refractivity contribution in [1.82, 2.24) is 9.62 Å². The van der Waals surface area contributed by atoms with Gasteiger partial charge in [0.2, 0.25) is 10.0 Å². The van der Waals surface area contributed by atoms with Crippen LogP contribution in [0.4, 0.5) is 0 Å². The highest BCUT2D eigenvalue weighted by Crippen LogP contribution is 2.54. The Morgan fingerprint density at radius 1 is 1.06 bits per heavy atom. The third-order valence-corrected chi connectivity index (χ3v) is 10.9. The molecule has 2 bridgehead atoms. The number of hydrogen-bond donors (Lipinski definition) is 1. The lowest BCUT2D eigenvalue weighted by atomic mass is 9.72. The van der Waals surface area contributed by atoms with E-state index in [9.17, 15) is 18.0 Å². The molecule has 5 aliphatic rings. The molecule has 6 unspecified atom stereocenters. The summed E-state index contributed by atoms with van der Waals surface area (Å²) in [4.78, 5) is 28.6. The molecular formula is C24H38N2O7S. The van der Waals surface area contributed by atoms with E-state index in [1.165, 1.54) is 6.42 Å². The van der Waals surface area contributed by atoms with E-state index in [0.29, 0.717) is 6.42 Å². The summed E-state index contributed by atoms with van der Waals surface area (Å²) in [5.41, 5.74) is -1.28. The number of sulfonamides is 1. The maximum atomic E-state index is 13.6. The molecule has 0 radical (unpaired) electrons. The molecule has 1 saturated carbocycles. The summed E-state index contributed by atoms with van der Waals surface area (Å²) < 4.78 is 47.0. The van der Waals surface area contributed by atoms with Crippen molar-refractivity contribution >= 4 is 22.0 Å². The number of hydrogen-bond acceptors (Lipinski definition) is 8. The first-order valence-electron chi connectivity index (χ1n) is 12.9. The van der Waals surface area contributed by atoms with Crippen molar-refractivity contribution in [1.29, 1.82) is 0 Å². The topological polar surface area (TPSA) is 111 Å². The van der Waals surface area contributed by atoms with Crippen LogP contribution in [0, 0.1) is 11.8 Å². The molecular weight excluding hydrogens is 460 g/mol. The van der Waals surface area contributed by atoms with Gasteiger partial charge in [-0.05, 0) is 71.9 Å². The lowest BCUT2D eigenvalue weighted by molar-refractivity contribution is -0.175. The second kappa shape index (κ2) is 8.71. The largest absolute Gasteiger partial charge is 0.459 e. The van der Waals surface area contributed by atoms with E-state index >= 15 is 0 Å². The fourth-order valence-electron chi connectivity index (χ4n) is 7.12. The number of likely N-dealkylation sites (tertiary alicyclic amines) is 1. The van der Waals surface area contributed by atoms with Crippen LogP contribution in [0.15, 0.2) is 0 Å². The molecule has 0 aromatic carbocycles. The van der Waals surface area contributed by atoms with Gasteiger partial charge >= 0.3 is 11.9 Å². The van der Waals surface area contributed by atoms with Gasteiger partial charge in [-0.25, -0.2) is 13.1 Å². The first-order valence-corrected chi connectivity index (χ1v) is 14.4. The van der Waals surface area contributed by atoms with Crippen LogP contribution in [0.3, 0.4) is 0 Å². The number of rotatable bonds is 6. The fourth-order valence-corrected chi connectivity index (χ4v) is 9.59. The van der Waals surface area contributed by atoms with Crippen molar-refractivity contribution in [2.45, 2.75) is 107 Å². The van der Waals surface area contributed by atoms with Crippen LogP contribution < -0.4 is 4.72 Å². The zero-order valence-electron chi connectivity index (χ0n) is 20.5. The van der Waals surface area contributed by atoms with E-state index in [1.807, 2.05) is 20.8 Å². The summed E-state index contributed by atoms with van der Waals surface area (Å²) in [7, 11) is -3.68. The summed E-state index contributed by atoms with van der Waals surface area (Å²) >= 11 is 0. The van der Waals surface area contributed by atoms with E-state index < -0.39 is 68.5 Å². The monoisotopic (exact) mass is 498 g/mol. The Morgan fingerprint density at radius 2 is 1.74 bits per heavy atom. The Morgan fingerprint density at radius 3 is 2.38 bits per heavy atom. The standard InChI is InChI=1S/C24H38N2O7S/c1-4-24(10-6-7-11-24)33-22(28)16-18(31-15(27)14-26-12-8-5-9-13-26)20-17-21(19(16)32-20)34(29,30)25-23(17,2)3/h16-21,25H,4-14H2,1-3H3. The van der Waals surface area contributed by atoms with Gasteiger partial charge in [0.15, 0.2) is 0 Å². The first-order chi connectivity index (χ1) is 16.1. The van der Waals surface area contributed by atoms with Crippen LogP contribution in [0.2, 0.25) is 0 Å². The second-order valence-electron chi connectivity index (χ2n) is 11.4. The molecule has 34 heavy (non-hydrogen) atoms. The molecule has 5 fully saturated rings. The molecule has 192 valence electrons. The van der Waals surface area contributed by atoms with Gasteiger partial charge in [0.05, 0.1) is 12.6 Å². The third-order valence-electron chi connectivity index (χ3n) is 8.79. The molecule has 1 N–H and O–H groups in total. The predicted molar refractivity (Wildman–Crippen MR) is 123 cm³/mol. The van der Waals surface area contributed by atoms with Crippen molar-refractivity contribution in [3.05, 3.63) is 0 Å². The zero-order valence-corrected chi connectivity index (χ0v) is 21.3. The number of carbonyl (C=O) groups is 2. The molecule has 1 aliphatic carbocycles. The minimum Gasteiger partial charge on any atom is -0.459 e. The van der Waals surface area contributed by atoms with Gasteiger partial charge in [0.25, 0.3) is 0 Å². The summed E-state index contributed by atoms with van der Waals surface area (Å²) in [5, 5.41) is -0.858. The van der Waals surface area contributed by atoms with Crippen molar-refractivity contribution in [2.24, 2.45) is 11.8 Å². The van der Waals surface area contributed by atoms with E-state index in [-0.39, 0.29) is 6.54 Å². The number of fused-ring (bicyclic) bond motifs is 5. The molecule has 0 aromatic heterocycles. The number of piperidine rings is 1. The first kappa shape index (κ1) is 24.5. The van der Waals surface area contributed by atoms with Gasteiger partial charge in [-0.1, -0.05) is 13.3 Å². The SMILES string of the molecule is CCC1(OC(=O)C2C(OC(=O)CN3CCCCC3)C3OC2C2C3C(C)(C)NS2(=O)=O)CCCC1. The average molecular weight is 499 g/mol. The summed E-state index contributed by atoms with van der Waals surface area (Å²) in [6, 6.07) is 0.